The van der Waals surface area contributed by atoms with Gasteiger partial charge in [0, 0.05) is 50.0 Å². The van der Waals surface area contributed by atoms with E-state index in [4.69, 9.17) is 21.1 Å². The van der Waals surface area contributed by atoms with Crippen LogP contribution in [-0.4, -0.2) is 72.5 Å². The smallest absolute Gasteiger partial charge is 0.275 e. The van der Waals surface area contributed by atoms with Crippen molar-refractivity contribution in [3.05, 3.63) is 70.5 Å². The van der Waals surface area contributed by atoms with Gasteiger partial charge in [0.2, 0.25) is 0 Å². The molecule has 10 heteroatoms. The van der Waals surface area contributed by atoms with Crippen LogP contribution in [0.5, 0.6) is 5.75 Å². The van der Waals surface area contributed by atoms with Gasteiger partial charge in [0.25, 0.3) is 11.8 Å². The number of likely N-dealkylation sites (N-methyl/N-ethyl adjacent to an activating group) is 1. The number of hydrogen-bond donors (Lipinski definition) is 0. The number of carbonyl (C=O) groups is 2. The Morgan fingerprint density at radius 1 is 1.08 bits per heavy atom. The standard InChI is InChI=1S/C29H30ClN5O4/c1-32-22-13-20(33-17-29(18-33)9-11-38-12-10-29)7-8-24(22)39-16-23(27(32)36)34-15-21-25(28(34)37)31-35(26(21)30)14-19-5-3-2-4-6-19/h2-8,13,23H,9-12,14-18H2,1H3/t23-/m1/s1. The number of halogens is 1. The average Bonchev–Trinajstić information content (AvgIpc) is 3.38. The van der Waals surface area contributed by atoms with Gasteiger partial charge in [-0.2, -0.15) is 5.10 Å². The zero-order chi connectivity index (χ0) is 26.7. The Kier molecular flexibility index (Phi) is 5.82. The van der Waals surface area contributed by atoms with E-state index >= 15 is 0 Å². The van der Waals surface area contributed by atoms with Gasteiger partial charge in [-0.25, -0.2) is 4.68 Å². The monoisotopic (exact) mass is 547 g/mol. The number of rotatable bonds is 4. The SMILES string of the molecule is CN1C(=O)[C@H](N2Cc3c(nn(Cc4ccccc4)c3Cl)C2=O)COc2ccc(N3CC4(CCOCC4)C3)cc21. The lowest BCUT2D eigenvalue weighted by Gasteiger charge is -2.53. The van der Waals surface area contributed by atoms with E-state index in [1.165, 1.54) is 4.90 Å². The summed E-state index contributed by atoms with van der Waals surface area (Å²) < 4.78 is 13.3. The van der Waals surface area contributed by atoms with E-state index in [0.29, 0.717) is 39.8 Å². The van der Waals surface area contributed by atoms with Crippen molar-refractivity contribution in [3.63, 3.8) is 0 Å². The third-order valence-corrected chi connectivity index (χ3v) is 9.04. The molecule has 9 nitrogen and oxygen atoms in total. The first-order valence-electron chi connectivity index (χ1n) is 13.4. The van der Waals surface area contributed by atoms with Gasteiger partial charge in [0.1, 0.15) is 23.6 Å². The summed E-state index contributed by atoms with van der Waals surface area (Å²) in [6.45, 7) is 4.42. The molecule has 202 valence electrons. The highest BCUT2D eigenvalue weighted by Gasteiger charge is 2.45. The molecule has 4 aliphatic heterocycles. The van der Waals surface area contributed by atoms with Crippen molar-refractivity contribution < 1.29 is 19.1 Å². The van der Waals surface area contributed by atoms with Gasteiger partial charge in [-0.1, -0.05) is 41.9 Å². The maximum Gasteiger partial charge on any atom is 0.275 e. The van der Waals surface area contributed by atoms with Crippen LogP contribution in [-0.2, 0) is 22.6 Å². The number of amides is 2. The first-order valence-corrected chi connectivity index (χ1v) is 13.8. The highest BCUT2D eigenvalue weighted by Crippen LogP contribution is 2.44. The zero-order valence-electron chi connectivity index (χ0n) is 21.8. The highest BCUT2D eigenvalue weighted by molar-refractivity contribution is 6.31. The number of hydrogen-bond acceptors (Lipinski definition) is 6. The number of nitrogens with zero attached hydrogens (tertiary/aromatic N) is 5. The molecule has 0 aliphatic carbocycles. The van der Waals surface area contributed by atoms with E-state index in [9.17, 15) is 9.59 Å². The van der Waals surface area contributed by atoms with E-state index in [0.717, 1.165) is 50.4 Å². The number of carbonyl (C=O) groups excluding carboxylic acids is 2. The summed E-state index contributed by atoms with van der Waals surface area (Å²) in [7, 11) is 1.75. The Morgan fingerprint density at radius 2 is 1.85 bits per heavy atom. The minimum Gasteiger partial charge on any atom is -0.489 e. The Morgan fingerprint density at radius 3 is 2.59 bits per heavy atom. The fraction of sp³-hybridized carbons (Fsp3) is 0.414. The Bertz CT molecular complexity index is 1440. The summed E-state index contributed by atoms with van der Waals surface area (Å²) in [6.07, 6.45) is 2.19. The number of fused-ring (bicyclic) bond motifs is 2. The van der Waals surface area contributed by atoms with Crippen LogP contribution in [0.2, 0.25) is 5.15 Å². The van der Waals surface area contributed by atoms with Crippen LogP contribution in [0.25, 0.3) is 0 Å². The lowest BCUT2D eigenvalue weighted by molar-refractivity contribution is -0.123. The zero-order valence-corrected chi connectivity index (χ0v) is 22.6. The first kappa shape index (κ1) is 24.5. The van der Waals surface area contributed by atoms with Crippen LogP contribution in [0.15, 0.2) is 48.5 Å². The van der Waals surface area contributed by atoms with Crippen LogP contribution in [0.1, 0.15) is 34.5 Å². The molecule has 4 aliphatic rings. The van der Waals surface area contributed by atoms with E-state index in [2.05, 4.69) is 16.1 Å². The minimum atomic E-state index is -0.777. The summed E-state index contributed by atoms with van der Waals surface area (Å²) >= 11 is 6.66. The van der Waals surface area contributed by atoms with Crippen molar-refractivity contribution in [2.45, 2.75) is 32.0 Å². The second-order valence-electron chi connectivity index (χ2n) is 11.0. The van der Waals surface area contributed by atoms with Gasteiger partial charge in [-0.15, -0.1) is 0 Å². The molecule has 2 saturated heterocycles. The molecule has 2 amide bonds. The molecule has 39 heavy (non-hydrogen) atoms. The lowest BCUT2D eigenvalue weighted by Crippen LogP contribution is -2.58. The molecule has 1 aromatic heterocycles. The second-order valence-corrected chi connectivity index (χ2v) is 11.4. The van der Waals surface area contributed by atoms with E-state index in [-0.39, 0.29) is 25.0 Å². The molecule has 0 saturated carbocycles. The molecule has 2 aromatic carbocycles. The highest BCUT2D eigenvalue weighted by atomic mass is 35.5. The van der Waals surface area contributed by atoms with Gasteiger partial charge in [-0.05, 0) is 36.6 Å². The van der Waals surface area contributed by atoms with Crippen molar-refractivity contribution >= 4 is 34.8 Å². The third-order valence-electron chi connectivity index (χ3n) is 8.61. The summed E-state index contributed by atoms with van der Waals surface area (Å²) in [5.74, 6) is 0.138. The van der Waals surface area contributed by atoms with Crippen molar-refractivity contribution in [1.82, 2.24) is 14.7 Å². The number of benzene rings is 2. The largest absolute Gasteiger partial charge is 0.489 e. The fourth-order valence-corrected chi connectivity index (χ4v) is 6.49. The molecule has 7 rings (SSSR count). The minimum absolute atomic E-state index is 0.0694. The quantitative estimate of drug-likeness (QED) is 0.497. The summed E-state index contributed by atoms with van der Waals surface area (Å²) in [6, 6.07) is 15.1. The fourth-order valence-electron chi connectivity index (χ4n) is 6.24. The third kappa shape index (κ3) is 4.06. The van der Waals surface area contributed by atoms with Crippen molar-refractivity contribution in [3.8, 4) is 5.75 Å². The molecule has 5 heterocycles. The van der Waals surface area contributed by atoms with Gasteiger partial charge in [-0.3, -0.25) is 9.59 Å². The topological polar surface area (TPSA) is 80.1 Å². The summed E-state index contributed by atoms with van der Waals surface area (Å²) in [5.41, 5.74) is 4.12. The van der Waals surface area contributed by atoms with Gasteiger partial charge < -0.3 is 24.2 Å². The molecule has 3 aromatic rings. The molecule has 0 radical (unpaired) electrons. The molecule has 1 atom stereocenters. The van der Waals surface area contributed by atoms with Crippen LogP contribution in [0, 0.1) is 5.41 Å². The maximum absolute atomic E-state index is 13.7. The molecule has 0 N–H and O–H groups in total. The lowest BCUT2D eigenvalue weighted by atomic mass is 9.73. The molecular weight excluding hydrogens is 518 g/mol. The molecule has 2 fully saturated rings. The number of anilines is 2. The predicted octanol–water partition coefficient (Wildman–Crippen LogP) is 3.58. The van der Waals surface area contributed by atoms with E-state index in [1.807, 2.05) is 42.5 Å². The first-order chi connectivity index (χ1) is 18.9. The van der Waals surface area contributed by atoms with Gasteiger partial charge >= 0.3 is 0 Å². The van der Waals surface area contributed by atoms with Crippen LogP contribution >= 0.6 is 11.6 Å². The summed E-state index contributed by atoms with van der Waals surface area (Å²) in [4.78, 5) is 32.6. The number of aromatic nitrogens is 2. The number of ether oxygens (including phenoxy) is 2. The molecule has 1 spiro atoms. The average molecular weight is 548 g/mol. The van der Waals surface area contributed by atoms with Crippen LogP contribution in [0.4, 0.5) is 11.4 Å². The van der Waals surface area contributed by atoms with Crippen molar-refractivity contribution in [1.29, 1.82) is 0 Å². The predicted molar refractivity (Wildman–Crippen MR) is 146 cm³/mol. The second kappa shape index (κ2) is 9.27. The Hall–Kier alpha value is -3.56. The normalized spacial score (nSPS) is 21.9. The van der Waals surface area contributed by atoms with E-state index < -0.39 is 6.04 Å². The summed E-state index contributed by atoms with van der Waals surface area (Å²) in [5, 5.41) is 4.94. The van der Waals surface area contributed by atoms with Gasteiger partial charge in [0.05, 0.1) is 18.8 Å². The van der Waals surface area contributed by atoms with Crippen molar-refractivity contribution in [2.24, 2.45) is 5.41 Å². The van der Waals surface area contributed by atoms with E-state index in [1.54, 1.807) is 16.6 Å². The maximum atomic E-state index is 13.7. The van der Waals surface area contributed by atoms with Crippen LogP contribution < -0.4 is 14.5 Å². The Labute approximate surface area is 231 Å². The van der Waals surface area contributed by atoms with Crippen LogP contribution in [0.3, 0.4) is 0 Å². The molecular formula is C29H30ClN5O4. The molecule has 0 unspecified atom stereocenters. The van der Waals surface area contributed by atoms with Crippen molar-refractivity contribution in [2.75, 3.05) is 49.8 Å². The van der Waals surface area contributed by atoms with Gasteiger partial charge in [0.15, 0.2) is 5.69 Å². The Balaban J connectivity index is 1.08. The molecule has 0 bridgehead atoms.